The maximum absolute atomic E-state index is 4.62. The molecular formula is C16H24N4. The van der Waals surface area contributed by atoms with Gasteiger partial charge in [0.1, 0.15) is 5.82 Å². The van der Waals surface area contributed by atoms with Crippen LogP contribution in [0.3, 0.4) is 0 Å². The van der Waals surface area contributed by atoms with E-state index in [-0.39, 0.29) is 0 Å². The minimum atomic E-state index is 0.345. The number of pyridine rings is 1. The summed E-state index contributed by atoms with van der Waals surface area (Å²) in [5.41, 5.74) is 2.19. The second kappa shape index (κ2) is 7.20. The molecule has 0 saturated heterocycles. The van der Waals surface area contributed by atoms with E-state index < -0.39 is 0 Å². The summed E-state index contributed by atoms with van der Waals surface area (Å²) < 4.78 is 2.09. The van der Waals surface area contributed by atoms with Crippen LogP contribution < -0.4 is 5.32 Å². The highest BCUT2D eigenvalue weighted by molar-refractivity contribution is 5.32. The number of nitrogens with one attached hydrogen (secondary N) is 1. The van der Waals surface area contributed by atoms with E-state index in [9.17, 15) is 0 Å². The molecule has 0 aromatic carbocycles. The average molecular weight is 272 g/mol. The van der Waals surface area contributed by atoms with E-state index in [2.05, 4.69) is 52.8 Å². The first-order valence-corrected chi connectivity index (χ1v) is 7.52. The molecule has 2 heterocycles. The Morgan fingerprint density at radius 1 is 1.20 bits per heavy atom. The Balaban J connectivity index is 2.17. The van der Waals surface area contributed by atoms with E-state index >= 15 is 0 Å². The van der Waals surface area contributed by atoms with Crippen molar-refractivity contribution < 1.29 is 0 Å². The Labute approximate surface area is 121 Å². The molecule has 20 heavy (non-hydrogen) atoms. The zero-order valence-corrected chi connectivity index (χ0v) is 12.6. The van der Waals surface area contributed by atoms with E-state index in [1.54, 1.807) is 0 Å². The SMILES string of the molecule is CCCNC(CC)c1ccc(-n2ccnc2CC)cn1. The van der Waals surface area contributed by atoms with E-state index in [1.165, 1.54) is 0 Å². The topological polar surface area (TPSA) is 42.7 Å². The third-order valence-corrected chi connectivity index (χ3v) is 3.49. The third-order valence-electron chi connectivity index (χ3n) is 3.49. The number of nitrogens with zero attached hydrogens (tertiary/aromatic N) is 3. The fourth-order valence-electron chi connectivity index (χ4n) is 2.35. The number of hydrogen-bond acceptors (Lipinski definition) is 3. The first kappa shape index (κ1) is 14.7. The van der Waals surface area contributed by atoms with Gasteiger partial charge in [-0.15, -0.1) is 0 Å². The largest absolute Gasteiger partial charge is 0.309 e. The first-order chi connectivity index (χ1) is 9.80. The monoisotopic (exact) mass is 272 g/mol. The van der Waals surface area contributed by atoms with Gasteiger partial charge >= 0.3 is 0 Å². The van der Waals surface area contributed by atoms with Crippen LogP contribution in [0.1, 0.15) is 51.2 Å². The Kier molecular flexibility index (Phi) is 5.30. The quantitative estimate of drug-likeness (QED) is 0.841. The average Bonchev–Trinajstić information content (AvgIpc) is 2.97. The molecule has 1 N–H and O–H groups in total. The number of rotatable bonds is 7. The molecule has 0 aliphatic heterocycles. The normalized spacial score (nSPS) is 12.6. The molecule has 1 atom stereocenters. The molecular weight excluding hydrogens is 248 g/mol. The highest BCUT2D eigenvalue weighted by Crippen LogP contribution is 2.17. The number of aryl methyl sites for hydroxylation is 1. The number of aromatic nitrogens is 3. The second-order valence-corrected chi connectivity index (χ2v) is 4.92. The van der Waals surface area contributed by atoms with E-state index in [0.29, 0.717) is 6.04 Å². The van der Waals surface area contributed by atoms with Crippen molar-refractivity contribution in [2.24, 2.45) is 0 Å². The van der Waals surface area contributed by atoms with Gasteiger partial charge in [-0.25, -0.2) is 4.98 Å². The number of imidazole rings is 1. The number of hydrogen-bond donors (Lipinski definition) is 1. The summed E-state index contributed by atoms with van der Waals surface area (Å²) in [6, 6.07) is 4.59. The van der Waals surface area contributed by atoms with Gasteiger partial charge in [-0.05, 0) is 31.5 Å². The first-order valence-electron chi connectivity index (χ1n) is 7.52. The van der Waals surface area contributed by atoms with Crippen molar-refractivity contribution >= 4 is 0 Å². The van der Waals surface area contributed by atoms with Crippen molar-refractivity contribution in [1.29, 1.82) is 0 Å². The minimum absolute atomic E-state index is 0.345. The van der Waals surface area contributed by atoms with Crippen LogP contribution >= 0.6 is 0 Å². The van der Waals surface area contributed by atoms with Gasteiger partial charge < -0.3 is 9.88 Å². The van der Waals surface area contributed by atoms with Crippen LogP contribution in [-0.2, 0) is 6.42 Å². The fourth-order valence-corrected chi connectivity index (χ4v) is 2.35. The van der Waals surface area contributed by atoms with Crippen LogP contribution in [0.4, 0.5) is 0 Å². The van der Waals surface area contributed by atoms with Gasteiger partial charge in [0.05, 0.1) is 17.6 Å². The summed E-state index contributed by atoms with van der Waals surface area (Å²) in [5.74, 6) is 1.07. The minimum Gasteiger partial charge on any atom is -0.309 e. The smallest absolute Gasteiger partial charge is 0.112 e. The van der Waals surface area contributed by atoms with E-state index in [1.807, 2.05) is 18.6 Å². The molecule has 0 saturated carbocycles. The molecule has 1 unspecified atom stereocenters. The van der Waals surface area contributed by atoms with Crippen LogP contribution in [0.25, 0.3) is 5.69 Å². The Hall–Kier alpha value is -1.68. The second-order valence-electron chi connectivity index (χ2n) is 4.92. The van der Waals surface area contributed by atoms with Crippen LogP contribution in [0, 0.1) is 0 Å². The lowest BCUT2D eigenvalue weighted by Crippen LogP contribution is -2.22. The predicted molar refractivity (Wildman–Crippen MR) is 82.1 cm³/mol. The predicted octanol–water partition coefficient (Wildman–Crippen LogP) is 3.28. The lowest BCUT2D eigenvalue weighted by atomic mass is 10.1. The fraction of sp³-hybridized carbons (Fsp3) is 0.500. The summed E-state index contributed by atoms with van der Waals surface area (Å²) in [6.45, 7) is 7.52. The van der Waals surface area contributed by atoms with Gasteiger partial charge in [-0.3, -0.25) is 4.98 Å². The Bertz CT molecular complexity index is 516. The maximum atomic E-state index is 4.62. The summed E-state index contributed by atoms with van der Waals surface area (Å²) in [5, 5.41) is 3.53. The van der Waals surface area contributed by atoms with Gasteiger partial charge in [-0.2, -0.15) is 0 Å². The van der Waals surface area contributed by atoms with Crippen LogP contribution in [0.5, 0.6) is 0 Å². The van der Waals surface area contributed by atoms with E-state index in [4.69, 9.17) is 0 Å². The molecule has 2 aromatic rings. The van der Waals surface area contributed by atoms with Crippen molar-refractivity contribution in [2.45, 2.75) is 46.1 Å². The lowest BCUT2D eigenvalue weighted by Gasteiger charge is -2.16. The van der Waals surface area contributed by atoms with Crippen LogP contribution in [0.15, 0.2) is 30.7 Å². The van der Waals surface area contributed by atoms with Gasteiger partial charge in [0.25, 0.3) is 0 Å². The van der Waals surface area contributed by atoms with Gasteiger partial charge in [0.2, 0.25) is 0 Å². The van der Waals surface area contributed by atoms with Crippen molar-refractivity contribution in [3.05, 3.63) is 42.2 Å². The molecule has 108 valence electrons. The lowest BCUT2D eigenvalue weighted by molar-refractivity contribution is 0.507. The zero-order chi connectivity index (χ0) is 14.4. The third kappa shape index (κ3) is 3.25. The maximum Gasteiger partial charge on any atom is 0.112 e. The van der Waals surface area contributed by atoms with Crippen molar-refractivity contribution in [3.63, 3.8) is 0 Å². The Morgan fingerprint density at radius 2 is 2.05 bits per heavy atom. The molecule has 2 aromatic heterocycles. The van der Waals surface area contributed by atoms with Crippen molar-refractivity contribution in [1.82, 2.24) is 19.9 Å². The Morgan fingerprint density at radius 3 is 2.65 bits per heavy atom. The van der Waals surface area contributed by atoms with Gasteiger partial charge in [0.15, 0.2) is 0 Å². The molecule has 0 bridgehead atoms. The zero-order valence-electron chi connectivity index (χ0n) is 12.6. The van der Waals surface area contributed by atoms with Gasteiger partial charge in [-0.1, -0.05) is 20.8 Å². The molecule has 0 fully saturated rings. The molecule has 0 amide bonds. The molecule has 2 rings (SSSR count). The standard InChI is InChI=1S/C16H24N4/c1-4-9-17-14(5-2)15-8-7-13(12-19-15)20-11-10-18-16(20)6-3/h7-8,10-12,14,17H,4-6,9H2,1-3H3. The summed E-state index contributed by atoms with van der Waals surface area (Å²) in [4.78, 5) is 8.97. The summed E-state index contributed by atoms with van der Waals surface area (Å²) in [6.07, 6.45) is 8.88. The summed E-state index contributed by atoms with van der Waals surface area (Å²) >= 11 is 0. The molecule has 0 aliphatic carbocycles. The van der Waals surface area contributed by atoms with Crippen LogP contribution in [-0.4, -0.2) is 21.1 Å². The molecule has 0 aliphatic rings. The van der Waals surface area contributed by atoms with Crippen LogP contribution in [0.2, 0.25) is 0 Å². The highest BCUT2D eigenvalue weighted by Gasteiger charge is 2.10. The molecule has 0 radical (unpaired) electrons. The van der Waals surface area contributed by atoms with Crippen molar-refractivity contribution in [3.8, 4) is 5.69 Å². The molecule has 0 spiro atoms. The molecule has 4 heteroatoms. The van der Waals surface area contributed by atoms with Crippen molar-refractivity contribution in [2.75, 3.05) is 6.54 Å². The highest BCUT2D eigenvalue weighted by atomic mass is 15.1. The summed E-state index contributed by atoms with van der Waals surface area (Å²) in [7, 11) is 0. The molecule has 4 nitrogen and oxygen atoms in total. The van der Waals surface area contributed by atoms with E-state index in [0.717, 1.165) is 43.0 Å². The van der Waals surface area contributed by atoms with Gasteiger partial charge in [0, 0.05) is 24.9 Å².